The van der Waals surface area contributed by atoms with E-state index in [1.807, 2.05) is 48.5 Å². The third kappa shape index (κ3) is 5.78. The molecule has 7 nitrogen and oxygen atoms in total. The van der Waals surface area contributed by atoms with Crippen LogP contribution in [0.25, 0.3) is 0 Å². The Morgan fingerprint density at radius 1 is 0.543 bits per heavy atom. The quantitative estimate of drug-likeness (QED) is 0.269. The van der Waals surface area contributed by atoms with Gasteiger partial charge in [-0.15, -0.1) is 0 Å². The molecule has 0 aromatic heterocycles. The molecule has 0 amide bonds. The molecule has 0 fully saturated rings. The fourth-order valence-corrected chi connectivity index (χ4v) is 3.69. The molecule has 0 radical (unpaired) electrons. The zero-order valence-electron chi connectivity index (χ0n) is 18.5. The molecular weight excluding hydrogens is 448 g/mol. The Labute approximate surface area is 201 Å². The van der Waals surface area contributed by atoms with Gasteiger partial charge >= 0.3 is 11.9 Å². The molecule has 4 N–H and O–H groups in total. The highest BCUT2D eigenvalue weighted by Crippen LogP contribution is 2.26. The van der Waals surface area contributed by atoms with Crippen molar-refractivity contribution >= 4 is 11.9 Å². The maximum Gasteiger partial charge on any atom is 0.339 e. The molecule has 0 aliphatic carbocycles. The number of aromatic carboxylic acids is 2. The van der Waals surface area contributed by atoms with Crippen molar-refractivity contribution in [3.63, 3.8) is 0 Å². The molecule has 0 saturated heterocycles. The van der Waals surface area contributed by atoms with E-state index in [0.717, 1.165) is 22.3 Å². The Morgan fingerprint density at radius 3 is 1.23 bits per heavy atom. The van der Waals surface area contributed by atoms with Gasteiger partial charge in [-0.05, 0) is 83.6 Å². The molecule has 0 bridgehead atoms. The van der Waals surface area contributed by atoms with Crippen LogP contribution in [-0.2, 0) is 12.8 Å². The molecule has 0 saturated carbocycles. The number of benzene rings is 4. The number of hydrogen-bond acceptors (Lipinski definition) is 5. The monoisotopic (exact) mass is 470 g/mol. The molecule has 0 spiro atoms. The van der Waals surface area contributed by atoms with Gasteiger partial charge in [-0.25, -0.2) is 9.59 Å². The standard InChI is InChI=1S/C28H22O7/c29-25-11-5-19(15-23(25)27(31)32)13-17-1-7-21(8-2-17)35-22-9-3-18(4-10-22)14-20-6-12-26(30)24(16-20)28(33)34/h1-12,15-16,29-30H,13-14H2,(H,31,32)(H,33,34). The first-order valence-corrected chi connectivity index (χ1v) is 10.7. The molecule has 0 aliphatic rings. The summed E-state index contributed by atoms with van der Waals surface area (Å²) in [7, 11) is 0. The minimum Gasteiger partial charge on any atom is -0.507 e. The largest absolute Gasteiger partial charge is 0.507 e. The number of ether oxygens (including phenoxy) is 1. The second-order valence-corrected chi connectivity index (χ2v) is 8.06. The van der Waals surface area contributed by atoms with Crippen molar-refractivity contribution in [1.29, 1.82) is 0 Å². The topological polar surface area (TPSA) is 124 Å². The number of rotatable bonds is 8. The van der Waals surface area contributed by atoms with Gasteiger partial charge in [0.15, 0.2) is 0 Å². The maximum atomic E-state index is 11.2. The first-order valence-electron chi connectivity index (χ1n) is 10.7. The SMILES string of the molecule is O=C(O)c1cc(Cc2ccc(Oc3ccc(Cc4ccc(O)c(C(=O)O)c4)cc3)cc2)ccc1O. The lowest BCUT2D eigenvalue weighted by Gasteiger charge is -2.09. The minimum atomic E-state index is -1.17. The van der Waals surface area contributed by atoms with E-state index in [2.05, 4.69) is 0 Å². The van der Waals surface area contributed by atoms with Gasteiger partial charge in [-0.3, -0.25) is 0 Å². The number of carboxylic acid groups (broad SMARTS) is 2. The number of hydrogen-bond donors (Lipinski definition) is 4. The van der Waals surface area contributed by atoms with Crippen LogP contribution in [0, 0.1) is 0 Å². The summed E-state index contributed by atoms with van der Waals surface area (Å²) in [5.41, 5.74) is 3.22. The van der Waals surface area contributed by atoms with Crippen LogP contribution in [0.4, 0.5) is 0 Å². The smallest absolute Gasteiger partial charge is 0.339 e. The average molecular weight is 470 g/mol. The highest BCUT2D eigenvalue weighted by Gasteiger charge is 2.12. The van der Waals surface area contributed by atoms with Crippen molar-refractivity contribution in [1.82, 2.24) is 0 Å². The van der Waals surface area contributed by atoms with Crippen LogP contribution in [0.5, 0.6) is 23.0 Å². The Bertz CT molecular complexity index is 1270. The summed E-state index contributed by atoms with van der Waals surface area (Å²) in [6.45, 7) is 0. The Kier molecular flexibility index (Phi) is 6.69. The van der Waals surface area contributed by atoms with Gasteiger partial charge in [-0.1, -0.05) is 36.4 Å². The molecule has 0 atom stereocenters. The summed E-state index contributed by atoms with van der Waals surface area (Å²) in [6, 6.07) is 23.9. The van der Waals surface area contributed by atoms with Gasteiger partial charge in [-0.2, -0.15) is 0 Å². The van der Waals surface area contributed by atoms with Crippen LogP contribution in [0.3, 0.4) is 0 Å². The van der Waals surface area contributed by atoms with E-state index >= 15 is 0 Å². The second-order valence-electron chi connectivity index (χ2n) is 8.06. The lowest BCUT2D eigenvalue weighted by atomic mass is 10.0. The van der Waals surface area contributed by atoms with E-state index in [4.69, 9.17) is 14.9 Å². The summed E-state index contributed by atoms with van der Waals surface area (Å²) in [4.78, 5) is 22.4. The highest BCUT2D eigenvalue weighted by atomic mass is 16.5. The fraction of sp³-hybridized carbons (Fsp3) is 0.0714. The molecule has 4 rings (SSSR count). The van der Waals surface area contributed by atoms with E-state index in [9.17, 15) is 19.8 Å². The van der Waals surface area contributed by atoms with E-state index in [1.54, 1.807) is 12.1 Å². The first-order chi connectivity index (χ1) is 16.8. The molecule has 0 aliphatic heterocycles. The maximum absolute atomic E-state index is 11.2. The lowest BCUT2D eigenvalue weighted by molar-refractivity contribution is 0.0682. The van der Waals surface area contributed by atoms with Gasteiger partial charge in [0.2, 0.25) is 0 Å². The van der Waals surface area contributed by atoms with E-state index in [-0.39, 0.29) is 22.6 Å². The summed E-state index contributed by atoms with van der Waals surface area (Å²) in [6.07, 6.45) is 1.02. The van der Waals surface area contributed by atoms with Gasteiger partial charge < -0.3 is 25.2 Å². The molecule has 35 heavy (non-hydrogen) atoms. The summed E-state index contributed by atoms with van der Waals surface area (Å²) in [5, 5.41) is 37.6. The highest BCUT2D eigenvalue weighted by molar-refractivity contribution is 5.91. The Balaban J connectivity index is 1.39. The Hall–Kier alpha value is -4.78. The van der Waals surface area contributed by atoms with Crippen molar-refractivity contribution in [3.8, 4) is 23.0 Å². The van der Waals surface area contributed by atoms with Gasteiger partial charge in [0.05, 0.1) is 0 Å². The van der Waals surface area contributed by atoms with Crippen molar-refractivity contribution in [2.75, 3.05) is 0 Å². The van der Waals surface area contributed by atoms with Crippen LogP contribution >= 0.6 is 0 Å². The normalized spacial score (nSPS) is 10.6. The van der Waals surface area contributed by atoms with Crippen LogP contribution in [-0.4, -0.2) is 32.4 Å². The molecule has 7 heteroatoms. The summed E-state index contributed by atoms with van der Waals surface area (Å²) < 4.78 is 5.90. The van der Waals surface area contributed by atoms with E-state index < -0.39 is 11.9 Å². The third-order valence-corrected chi connectivity index (χ3v) is 5.48. The minimum absolute atomic E-state index is 0.126. The average Bonchev–Trinajstić information content (AvgIpc) is 2.83. The molecular formula is C28H22O7. The van der Waals surface area contributed by atoms with Crippen LogP contribution in [0.2, 0.25) is 0 Å². The zero-order valence-corrected chi connectivity index (χ0v) is 18.5. The number of phenols is 2. The van der Waals surface area contributed by atoms with E-state index in [1.165, 1.54) is 24.3 Å². The van der Waals surface area contributed by atoms with Gasteiger partial charge in [0, 0.05) is 0 Å². The second kappa shape index (κ2) is 10.0. The van der Waals surface area contributed by atoms with Crippen molar-refractivity contribution in [2.45, 2.75) is 12.8 Å². The number of carboxylic acids is 2. The summed E-state index contributed by atoms with van der Waals surface area (Å²) in [5.74, 6) is -1.58. The first kappa shape index (κ1) is 23.4. The summed E-state index contributed by atoms with van der Waals surface area (Å²) >= 11 is 0. The fourth-order valence-electron chi connectivity index (χ4n) is 3.69. The van der Waals surface area contributed by atoms with Gasteiger partial charge in [0.1, 0.15) is 34.1 Å². The molecule has 0 unspecified atom stereocenters. The molecule has 176 valence electrons. The van der Waals surface area contributed by atoms with Crippen molar-refractivity contribution in [3.05, 3.63) is 118 Å². The van der Waals surface area contributed by atoms with Crippen molar-refractivity contribution < 1.29 is 34.8 Å². The van der Waals surface area contributed by atoms with E-state index in [0.29, 0.717) is 24.3 Å². The number of carbonyl (C=O) groups is 2. The van der Waals surface area contributed by atoms with Crippen LogP contribution < -0.4 is 4.74 Å². The predicted octanol–water partition coefficient (Wildman–Crippen LogP) is 5.47. The van der Waals surface area contributed by atoms with Gasteiger partial charge in [0.25, 0.3) is 0 Å². The number of aromatic hydroxyl groups is 2. The Morgan fingerprint density at radius 2 is 0.886 bits per heavy atom. The van der Waals surface area contributed by atoms with Crippen LogP contribution in [0.1, 0.15) is 43.0 Å². The lowest BCUT2D eigenvalue weighted by Crippen LogP contribution is -1.99. The zero-order chi connectivity index (χ0) is 24.9. The van der Waals surface area contributed by atoms with Crippen LogP contribution in [0.15, 0.2) is 84.9 Å². The van der Waals surface area contributed by atoms with Crippen molar-refractivity contribution in [2.24, 2.45) is 0 Å². The third-order valence-electron chi connectivity index (χ3n) is 5.48. The molecule has 0 heterocycles. The molecule has 4 aromatic carbocycles. The predicted molar refractivity (Wildman–Crippen MR) is 129 cm³/mol. The molecule has 4 aromatic rings.